The Morgan fingerprint density at radius 2 is 1.09 bits per heavy atom. The predicted octanol–water partition coefficient (Wildman–Crippen LogP) is 2.89. The number of rotatable bonds is 28. The zero-order valence-electron chi connectivity index (χ0n) is 75.2. The number of amides is 6. The van der Waals surface area contributed by atoms with Crippen LogP contribution in [0, 0.1) is 40.9 Å². The van der Waals surface area contributed by atoms with Gasteiger partial charge in [-0.1, -0.05) is 54.8 Å². The van der Waals surface area contributed by atoms with Crippen molar-refractivity contribution in [1.82, 2.24) is 90.4 Å². The van der Waals surface area contributed by atoms with Gasteiger partial charge in [-0.05, 0) is 104 Å². The number of aliphatic hydroxyl groups is 1. The van der Waals surface area contributed by atoms with E-state index in [2.05, 4.69) is 80.2 Å². The molecule has 0 spiro atoms. The molecular weight excluding hydrogens is 1800 g/mol. The molecule has 0 saturated carbocycles. The fourth-order valence-electron chi connectivity index (χ4n) is 18.7. The molecular formula is C92H132B4ClN21O20. The van der Waals surface area contributed by atoms with Gasteiger partial charge in [0.1, 0.15) is 17.6 Å². The van der Waals surface area contributed by atoms with Crippen LogP contribution in [0.15, 0.2) is 116 Å². The number of halogens is 1. The first-order valence-corrected chi connectivity index (χ1v) is 44.9. The van der Waals surface area contributed by atoms with Crippen LogP contribution in [-0.2, 0) is 84.5 Å². The van der Waals surface area contributed by atoms with Gasteiger partial charge in [-0.15, -0.1) is 12.4 Å². The number of carbonyl (C=O) groups excluding carboxylic acids is 8. The number of ether oxygens (including phenoxy) is 1. The van der Waals surface area contributed by atoms with Crippen LogP contribution in [-0.4, -0.2) is 351 Å². The molecule has 11 N–H and O–H groups in total. The van der Waals surface area contributed by atoms with Gasteiger partial charge in [-0.2, -0.15) is 0 Å². The first kappa shape index (κ1) is 117. The summed E-state index contributed by atoms with van der Waals surface area (Å²) in [6.45, 7) is 12.2. The number of fused-ring (bicyclic) bond motifs is 6. The number of aryl methyl sites for hydroxylation is 1. The summed E-state index contributed by atoms with van der Waals surface area (Å²) in [6, 6.07) is 21.8. The number of nitrogens with two attached hydrogens (primary N) is 1. The van der Waals surface area contributed by atoms with Gasteiger partial charge < -0.3 is 41.9 Å². The molecule has 12 unspecified atom stereocenters. The predicted molar refractivity (Wildman–Crippen MR) is 514 cm³/mol. The Labute approximate surface area is 813 Å². The van der Waals surface area contributed by atoms with Crippen LogP contribution < -0.4 is 32.3 Å². The molecule has 744 valence electrons. The second kappa shape index (κ2) is 58.9. The second-order valence-corrected chi connectivity index (χ2v) is 33.9. The molecule has 46 heteroatoms. The number of aromatic nitrogens is 6. The number of methoxy groups -OCH3 is 1. The van der Waals surface area contributed by atoms with Gasteiger partial charge in [0.2, 0.25) is 11.8 Å². The van der Waals surface area contributed by atoms with E-state index in [1.807, 2.05) is 76.4 Å². The van der Waals surface area contributed by atoms with Crippen LogP contribution in [0.4, 0.5) is 5.82 Å². The Balaban J connectivity index is 0.000000290. The molecule has 11 aliphatic rings. The molecule has 6 amide bonds. The molecule has 138 heavy (non-hydrogen) atoms. The Morgan fingerprint density at radius 3 is 1.57 bits per heavy atom. The van der Waals surface area contributed by atoms with Crippen LogP contribution in [0.5, 0.6) is 0 Å². The summed E-state index contributed by atoms with van der Waals surface area (Å²) in [5, 5.41) is 59.5. The molecule has 15 atom stereocenters. The number of nitrogens with zero attached hydrogens (tertiary/aromatic N) is 15. The van der Waals surface area contributed by atoms with Crippen molar-refractivity contribution in [3.05, 3.63) is 150 Å². The first-order valence-electron chi connectivity index (χ1n) is 44.9. The normalized spacial score (nSPS) is 23.2. The fraction of sp³-hybridized carbons (Fsp3) is 0.565. The Morgan fingerprint density at radius 1 is 0.587 bits per heavy atom. The smallest absolute Gasteiger partial charge is 0.323 e. The third-order valence-electron chi connectivity index (χ3n) is 25.3. The maximum atomic E-state index is 13.3. The van der Waals surface area contributed by atoms with Gasteiger partial charge in [-0.25, -0.2) is 15.0 Å². The largest absolute Gasteiger partial charge is 0.481 e. The number of aliphatic hydroxyl groups excluding tert-OH is 1. The van der Waals surface area contributed by atoms with E-state index in [0.717, 1.165) is 147 Å². The Bertz CT molecular complexity index is 5040. The molecule has 0 aliphatic carbocycles. The molecule has 10 saturated heterocycles. The maximum Gasteiger partial charge on any atom is 0.323 e. The van der Waals surface area contributed by atoms with Crippen molar-refractivity contribution in [2.75, 3.05) is 130 Å². The van der Waals surface area contributed by atoms with E-state index in [4.69, 9.17) is 31.3 Å². The van der Waals surface area contributed by atoms with E-state index in [1.54, 1.807) is 70.1 Å². The second-order valence-electron chi connectivity index (χ2n) is 33.9. The SMILES string of the molecule is C.C.C.C.CC[C@H](N)c1cccnc1.CC[C@H](NC(=O)CN1CC2CCN(CB=O)C2C1=O)c1cccnc1.COC(=O)C1C(C#N)CCN1CB=O.Cl.O=BCN1CCC2CN(CC(=O)O)C(=O)C21.O=BCN1CCC2CNC(=O)C21.O=C(O)C1NCCC1O.O=C(O)C[C@H](NC(=O)CN1CC2CCN(Cc3ccc4c(n3)NCCC4)C2C1=O)c1cccnc1.O=Cc1ccc2cccnc2n1. The van der Waals surface area contributed by atoms with Gasteiger partial charge in [0.05, 0.1) is 36.8 Å². The number of anilines is 1. The third-order valence-corrected chi connectivity index (χ3v) is 25.3. The number of hydrogen-bond acceptors (Lipinski definition) is 32. The minimum Gasteiger partial charge on any atom is -0.481 e. The molecule has 11 aliphatic heterocycles. The van der Waals surface area contributed by atoms with Gasteiger partial charge in [-0.3, -0.25) is 38.8 Å². The van der Waals surface area contributed by atoms with E-state index in [1.165, 1.54) is 17.6 Å². The Kier molecular flexibility index (Phi) is 49.8. The van der Waals surface area contributed by atoms with E-state index < -0.39 is 48.1 Å². The van der Waals surface area contributed by atoms with Crippen molar-refractivity contribution >= 4 is 123 Å². The van der Waals surface area contributed by atoms with E-state index in [0.29, 0.717) is 87.7 Å². The monoisotopic (exact) mass is 1930 g/mol. The minimum absolute atomic E-state index is 0. The number of nitriles is 1. The summed E-state index contributed by atoms with van der Waals surface area (Å²) in [5.41, 5.74) is 11.7. The number of aldehydes is 1. The number of likely N-dealkylation sites (tertiary alicyclic amines) is 8. The molecule has 0 radical (unpaired) electrons. The number of esters is 1. The molecule has 0 aromatic carbocycles. The quantitative estimate of drug-likeness (QED) is 0.0192. The summed E-state index contributed by atoms with van der Waals surface area (Å²) in [5.74, 6) is -2.46. The number of pyridine rings is 6. The van der Waals surface area contributed by atoms with E-state index >= 15 is 0 Å². The van der Waals surface area contributed by atoms with Crippen LogP contribution in [0.2, 0.25) is 0 Å². The van der Waals surface area contributed by atoms with Crippen molar-refractivity contribution in [3.8, 4) is 6.07 Å². The van der Waals surface area contributed by atoms with Gasteiger partial charge in [0, 0.05) is 74.2 Å². The van der Waals surface area contributed by atoms with Gasteiger partial charge in [0.15, 0.2) is 11.9 Å². The van der Waals surface area contributed by atoms with Gasteiger partial charge in [0.25, 0.3) is 0 Å². The van der Waals surface area contributed by atoms with Crippen molar-refractivity contribution in [2.45, 2.75) is 181 Å². The summed E-state index contributed by atoms with van der Waals surface area (Å²) >= 11 is 0. The Hall–Kier alpha value is -11.8. The minimum atomic E-state index is -1.02. The average molecular weight is 1930 g/mol. The van der Waals surface area contributed by atoms with E-state index in [9.17, 15) is 76.7 Å². The van der Waals surface area contributed by atoms with Crippen molar-refractivity contribution < 1.29 is 96.7 Å². The van der Waals surface area contributed by atoms with Crippen molar-refractivity contribution in [3.63, 3.8) is 0 Å². The average Bonchev–Trinajstić information content (AvgIpc) is 1.64. The van der Waals surface area contributed by atoms with E-state index in [-0.39, 0.29) is 183 Å². The topological polar surface area (TPSA) is 559 Å². The number of hydrogen-bond donors (Lipinski definition) is 10. The first-order chi connectivity index (χ1) is 64.3. The zero-order chi connectivity index (χ0) is 95.6. The molecule has 6 aromatic rings. The van der Waals surface area contributed by atoms with Crippen LogP contribution in [0.25, 0.3) is 11.0 Å². The number of nitrogens with one attached hydrogen (secondary N) is 5. The molecule has 6 aromatic heterocycles. The van der Waals surface area contributed by atoms with Gasteiger partial charge >= 0.3 is 398 Å². The zero-order valence-corrected chi connectivity index (χ0v) is 76.1. The van der Waals surface area contributed by atoms with Crippen molar-refractivity contribution in [1.29, 1.82) is 5.26 Å². The molecule has 10 fully saturated rings. The van der Waals surface area contributed by atoms with Crippen LogP contribution in [0.1, 0.15) is 164 Å². The third kappa shape index (κ3) is 32.2. The summed E-state index contributed by atoms with van der Waals surface area (Å²) in [7, 11) is 4.51. The summed E-state index contributed by atoms with van der Waals surface area (Å²) in [4.78, 5) is 167. The number of carbonyl (C=O) groups is 11. The molecule has 0 bridgehead atoms. The molecule has 41 nitrogen and oxygen atoms in total. The number of aliphatic carboxylic acids is 3. The summed E-state index contributed by atoms with van der Waals surface area (Å²) < 4.78 is 46.4. The van der Waals surface area contributed by atoms with Crippen LogP contribution >= 0.6 is 12.4 Å². The molecule has 17 rings (SSSR count). The van der Waals surface area contributed by atoms with Crippen molar-refractivity contribution in [2.24, 2.45) is 35.3 Å². The standard InChI is InChI=1S/C25H30N6O4.C17H23BN4O3.C9H13BN2O4.C9H6N2O.C8H11BN2O3.C8H12N2.C7H11BN2O2.C5H9NO3.4CH4.ClH/c32-21(29-20(11-22(33)34)17-4-1-8-26-12-17)15-31-13-18-7-10-30(23(18)25(31)35)14-19-6-5-16-3-2-9-27-24(16)28-19;1-2-14(12-4-3-6-19-8-12)20-15(23)10-22-9-13-5-7-21(11-18-25)16(13)17(22)24;13-7(14)4-12-3-6-1-2-11(5-10-16)8(6)9(12)15;12-6-8-4-3-7-2-1-5-10-9(7)11-8;1-14-8(12)7-6(4-10)2-3-11(7)5-9-13;1-2-8(9)7-4-3-5-10-6-7;11-7-6-5(3-9-7)1-2-10(6)4-8-12;7-3-1-2-6-4(3)5(8)9;;;;;/h1,4-6,8,12,18,20,23H,2-3,7,9-11,13-15H2,(H,27,28)(H,29,32)(H,33,34);3-4,6,8,13-14,16H,2,5,7,9-11H2,1H3,(H,20,23);6,8H,1-5H2,(H,13,14);1-6H;6-7H,2-3,5H2,1H3;3-6,8H,2,9H2,1H3;5-6H,1-4H2,(H,9,11);3-4,6-7H,1-2H2,(H,8,9);4*1H4;1H/t18?,20-,23?;13?,14-,16?;;;;8-;;;;;;;/m00...0......./s1. The summed E-state index contributed by atoms with van der Waals surface area (Å²) in [6.07, 6.45) is 21.4. The fourth-order valence-corrected chi connectivity index (χ4v) is 18.7. The molecule has 17 heterocycles. The van der Waals surface area contributed by atoms with Crippen LogP contribution in [0.3, 0.4) is 0 Å². The maximum absolute atomic E-state index is 13.3. The number of carboxylic acids is 3. The number of carboxylic acid groups (broad SMARTS) is 3.